The molecule has 7 nitrogen and oxygen atoms in total. The fraction of sp³-hybridized carbons (Fsp3) is 0.115. The van der Waals surface area contributed by atoms with E-state index < -0.39 is 17.8 Å². The number of aryl methyl sites for hydroxylation is 1. The lowest BCUT2D eigenvalue weighted by molar-refractivity contribution is -0.122. The molecule has 1 heterocycles. The zero-order chi connectivity index (χ0) is 26.0. The molecule has 0 atom stereocenters. The van der Waals surface area contributed by atoms with Crippen LogP contribution in [0.15, 0.2) is 64.6 Å². The van der Waals surface area contributed by atoms with E-state index in [2.05, 4.69) is 21.2 Å². The third-order valence-corrected chi connectivity index (χ3v) is 6.87. The standard InChI is InChI=1S/C26H19BrCl2N2O5/c1-14-7-8-17(12-20(14)28)31-25(33)18(24(32)30-26(31)34)9-15-10-21(29)23(22(11-15)35-2)36-13-16-5-3-4-6-19(16)27/h3-12H,13H2,1-2H3,(H,30,32,34)/b18-9+. The van der Waals surface area contributed by atoms with Gasteiger partial charge in [-0.3, -0.25) is 14.9 Å². The summed E-state index contributed by atoms with van der Waals surface area (Å²) >= 11 is 16.1. The number of hydrogen-bond acceptors (Lipinski definition) is 5. The van der Waals surface area contributed by atoms with Crippen molar-refractivity contribution in [2.24, 2.45) is 0 Å². The Kier molecular flexibility index (Phi) is 7.68. The number of nitrogens with one attached hydrogen (secondary N) is 1. The minimum Gasteiger partial charge on any atom is -0.493 e. The molecule has 10 heteroatoms. The quantitative estimate of drug-likeness (QED) is 0.269. The first-order chi connectivity index (χ1) is 17.2. The molecule has 0 unspecified atom stereocenters. The average Bonchev–Trinajstić information content (AvgIpc) is 2.83. The smallest absolute Gasteiger partial charge is 0.335 e. The van der Waals surface area contributed by atoms with Crippen LogP contribution in [0.5, 0.6) is 11.5 Å². The largest absolute Gasteiger partial charge is 0.493 e. The second-order valence-corrected chi connectivity index (χ2v) is 9.47. The highest BCUT2D eigenvalue weighted by molar-refractivity contribution is 9.10. The number of anilines is 1. The minimum absolute atomic E-state index is 0.218. The fourth-order valence-corrected chi connectivity index (χ4v) is 4.36. The number of halogens is 3. The third-order valence-electron chi connectivity index (χ3n) is 5.41. The van der Waals surface area contributed by atoms with Gasteiger partial charge in [-0.05, 0) is 54.5 Å². The van der Waals surface area contributed by atoms with Gasteiger partial charge in [0.25, 0.3) is 11.8 Å². The summed E-state index contributed by atoms with van der Waals surface area (Å²) in [5, 5.41) is 2.78. The van der Waals surface area contributed by atoms with Crippen LogP contribution < -0.4 is 19.7 Å². The number of benzene rings is 3. The molecule has 4 amide bonds. The van der Waals surface area contributed by atoms with Crippen molar-refractivity contribution in [3.05, 3.63) is 91.4 Å². The van der Waals surface area contributed by atoms with Crippen LogP contribution in [0.25, 0.3) is 6.08 Å². The molecule has 0 bridgehead atoms. The van der Waals surface area contributed by atoms with Crippen LogP contribution in [0.1, 0.15) is 16.7 Å². The molecule has 1 fully saturated rings. The molecule has 1 aliphatic rings. The third kappa shape index (κ3) is 5.26. The molecule has 0 aromatic heterocycles. The van der Waals surface area contributed by atoms with E-state index in [1.807, 2.05) is 24.3 Å². The van der Waals surface area contributed by atoms with Gasteiger partial charge >= 0.3 is 6.03 Å². The van der Waals surface area contributed by atoms with Gasteiger partial charge in [-0.1, -0.05) is 63.4 Å². The van der Waals surface area contributed by atoms with Gasteiger partial charge in [0.15, 0.2) is 11.5 Å². The van der Waals surface area contributed by atoms with E-state index in [0.29, 0.717) is 22.1 Å². The molecule has 1 saturated heterocycles. The van der Waals surface area contributed by atoms with E-state index in [9.17, 15) is 14.4 Å². The number of rotatable bonds is 6. The maximum Gasteiger partial charge on any atom is 0.335 e. The Morgan fingerprint density at radius 3 is 2.47 bits per heavy atom. The van der Waals surface area contributed by atoms with E-state index in [4.69, 9.17) is 32.7 Å². The number of carbonyl (C=O) groups is 3. The van der Waals surface area contributed by atoms with Crippen molar-refractivity contribution in [3.63, 3.8) is 0 Å². The van der Waals surface area contributed by atoms with Crippen LogP contribution in [0.3, 0.4) is 0 Å². The average molecular weight is 590 g/mol. The molecule has 3 aromatic rings. The Morgan fingerprint density at radius 1 is 1.03 bits per heavy atom. The molecule has 184 valence electrons. The van der Waals surface area contributed by atoms with Crippen molar-refractivity contribution in [2.75, 3.05) is 12.0 Å². The summed E-state index contributed by atoms with van der Waals surface area (Å²) < 4.78 is 12.2. The molecule has 1 N–H and O–H groups in total. The fourth-order valence-electron chi connectivity index (χ4n) is 3.51. The zero-order valence-electron chi connectivity index (χ0n) is 19.1. The van der Waals surface area contributed by atoms with Crippen molar-refractivity contribution in [3.8, 4) is 11.5 Å². The van der Waals surface area contributed by atoms with E-state index in [0.717, 1.165) is 20.5 Å². The van der Waals surface area contributed by atoms with Crippen LogP contribution in [0, 0.1) is 6.92 Å². The van der Waals surface area contributed by atoms with Crippen LogP contribution in [-0.4, -0.2) is 25.0 Å². The molecule has 3 aromatic carbocycles. The SMILES string of the molecule is COc1cc(/C=C2\C(=O)NC(=O)N(c3ccc(C)c(Cl)c3)C2=O)cc(Cl)c1OCc1ccccc1Br. The van der Waals surface area contributed by atoms with Crippen molar-refractivity contribution < 1.29 is 23.9 Å². The number of amides is 4. The predicted octanol–water partition coefficient (Wildman–Crippen LogP) is 6.32. The highest BCUT2D eigenvalue weighted by Gasteiger charge is 2.37. The topological polar surface area (TPSA) is 84.9 Å². The summed E-state index contributed by atoms with van der Waals surface area (Å²) in [6.45, 7) is 2.03. The number of imide groups is 2. The lowest BCUT2D eigenvalue weighted by Gasteiger charge is -2.26. The molecule has 36 heavy (non-hydrogen) atoms. The van der Waals surface area contributed by atoms with Gasteiger partial charge in [-0.25, -0.2) is 9.69 Å². The zero-order valence-corrected chi connectivity index (χ0v) is 22.2. The second kappa shape index (κ2) is 10.7. The predicted molar refractivity (Wildman–Crippen MR) is 142 cm³/mol. The molecular weight excluding hydrogens is 571 g/mol. The summed E-state index contributed by atoms with van der Waals surface area (Å²) in [7, 11) is 1.45. The van der Waals surface area contributed by atoms with Gasteiger partial charge < -0.3 is 9.47 Å². The summed E-state index contributed by atoms with van der Waals surface area (Å²) in [4.78, 5) is 39.0. The van der Waals surface area contributed by atoms with Gasteiger partial charge in [0.2, 0.25) is 0 Å². The second-order valence-electron chi connectivity index (χ2n) is 7.81. The van der Waals surface area contributed by atoms with E-state index in [1.54, 1.807) is 25.1 Å². The van der Waals surface area contributed by atoms with E-state index in [1.165, 1.54) is 25.3 Å². The first kappa shape index (κ1) is 25.8. The molecule has 1 aliphatic heterocycles. The highest BCUT2D eigenvalue weighted by Crippen LogP contribution is 2.38. The van der Waals surface area contributed by atoms with Crippen molar-refractivity contribution in [2.45, 2.75) is 13.5 Å². The monoisotopic (exact) mass is 588 g/mol. The minimum atomic E-state index is -0.867. The van der Waals surface area contributed by atoms with E-state index in [-0.39, 0.29) is 22.9 Å². The maximum absolute atomic E-state index is 13.2. The molecule has 0 aliphatic carbocycles. The molecule has 0 radical (unpaired) electrons. The van der Waals surface area contributed by atoms with Crippen molar-refractivity contribution in [1.29, 1.82) is 0 Å². The number of hydrogen-bond donors (Lipinski definition) is 1. The van der Waals surface area contributed by atoms with Crippen LogP contribution in [0.2, 0.25) is 10.0 Å². The van der Waals surface area contributed by atoms with Crippen molar-refractivity contribution in [1.82, 2.24) is 5.32 Å². The van der Waals surface area contributed by atoms with Gasteiger partial charge in [0.05, 0.1) is 17.8 Å². The number of carbonyl (C=O) groups excluding carboxylic acids is 3. The highest BCUT2D eigenvalue weighted by atomic mass is 79.9. The number of methoxy groups -OCH3 is 1. The lowest BCUT2D eigenvalue weighted by atomic mass is 10.1. The number of ether oxygens (including phenoxy) is 2. The van der Waals surface area contributed by atoms with Crippen LogP contribution in [0.4, 0.5) is 10.5 Å². The summed E-state index contributed by atoms with van der Waals surface area (Å²) in [5.74, 6) is -1.01. The molecule has 0 saturated carbocycles. The molecule has 4 rings (SSSR count). The molecular formula is C26H19BrCl2N2O5. The van der Waals surface area contributed by atoms with Crippen molar-refractivity contribution >= 4 is 68.7 Å². The van der Waals surface area contributed by atoms with E-state index >= 15 is 0 Å². The summed E-state index contributed by atoms with van der Waals surface area (Å²) in [5.41, 5.74) is 2.07. The van der Waals surface area contributed by atoms with Gasteiger partial charge in [-0.2, -0.15) is 0 Å². The number of barbiturate groups is 1. The van der Waals surface area contributed by atoms with Gasteiger partial charge in [0.1, 0.15) is 12.2 Å². The Morgan fingerprint density at radius 2 is 1.78 bits per heavy atom. The number of urea groups is 1. The van der Waals surface area contributed by atoms with Crippen LogP contribution in [-0.2, 0) is 16.2 Å². The number of nitrogens with zero attached hydrogens (tertiary/aromatic N) is 1. The molecule has 0 spiro atoms. The first-order valence-corrected chi connectivity index (χ1v) is 12.2. The Hall–Kier alpha value is -3.33. The normalized spacial score (nSPS) is 14.8. The first-order valence-electron chi connectivity index (χ1n) is 10.6. The Balaban J connectivity index is 1.66. The van der Waals surface area contributed by atoms with Gasteiger partial charge in [-0.15, -0.1) is 0 Å². The maximum atomic E-state index is 13.2. The van der Waals surface area contributed by atoms with Crippen LogP contribution >= 0.6 is 39.1 Å². The Bertz CT molecular complexity index is 1420. The van der Waals surface area contributed by atoms with Gasteiger partial charge in [0, 0.05) is 15.1 Å². The summed E-state index contributed by atoms with van der Waals surface area (Å²) in [6, 6.07) is 14.6. The summed E-state index contributed by atoms with van der Waals surface area (Å²) in [6.07, 6.45) is 1.33. The Labute approximate surface area is 225 Å². The lowest BCUT2D eigenvalue weighted by Crippen LogP contribution is -2.54.